The summed E-state index contributed by atoms with van der Waals surface area (Å²) in [4.78, 5) is 0. The number of halogens is 2. The second kappa shape index (κ2) is 12.4. The Bertz CT molecular complexity index is 1300. The molecule has 0 saturated heterocycles. The Morgan fingerprint density at radius 2 is 1.62 bits per heavy atom. The molecule has 0 N–H and O–H groups in total. The monoisotopic (exact) mass is 625 g/mol. The van der Waals surface area contributed by atoms with E-state index >= 15 is 0 Å². The summed E-state index contributed by atoms with van der Waals surface area (Å²) < 4.78 is 6.16. The van der Waals surface area contributed by atoms with E-state index in [9.17, 15) is 0 Å². The molecule has 2 aliphatic carbocycles. The Hall–Kier alpha value is -1.12. The molecule has 37 heavy (non-hydrogen) atoms. The van der Waals surface area contributed by atoms with Gasteiger partial charge in [-0.3, -0.25) is 0 Å². The zero-order chi connectivity index (χ0) is 24.7. The average molecular weight is 628 g/mol. The number of hydrogen-bond acceptors (Lipinski definition) is 1. The summed E-state index contributed by atoms with van der Waals surface area (Å²) in [5.74, 6) is 1.22. The standard InChI is InChI=1S/C22H25.C10H12OSi.2ClH.Zr/c1-3-4-5-6-8-18-11-13-19(14-12-18)21-10-7-9-20-15-17(2)16-22(20)21;1-6-9-7-4-5-11-8(7)10(6)12(9,2)3;;;/h7,9-16H,3-6,8H2,1-2H3;4-5,9H,1-3H3;2*1H;/q;;;;+2/p-2. The van der Waals surface area contributed by atoms with E-state index in [4.69, 9.17) is 4.42 Å². The van der Waals surface area contributed by atoms with Gasteiger partial charge in [-0.15, -0.1) is 0 Å². The number of unbranched alkanes of at least 4 members (excludes halogenated alkanes) is 3. The van der Waals surface area contributed by atoms with E-state index in [-0.39, 0.29) is 24.8 Å². The van der Waals surface area contributed by atoms with Gasteiger partial charge in [-0.1, -0.05) is 32.0 Å². The number of fused-ring (bicyclic) bond motifs is 1. The molecule has 4 aliphatic rings. The van der Waals surface area contributed by atoms with Gasteiger partial charge in [0.15, 0.2) is 0 Å². The summed E-state index contributed by atoms with van der Waals surface area (Å²) in [7, 11) is -1.08. The Balaban J connectivity index is 0.000000229. The Kier molecular flexibility index (Phi) is 10.2. The van der Waals surface area contributed by atoms with Crippen molar-refractivity contribution in [2.24, 2.45) is 0 Å². The molecule has 2 aromatic carbocycles. The van der Waals surface area contributed by atoms with Crippen molar-refractivity contribution in [2.45, 2.75) is 75.1 Å². The van der Waals surface area contributed by atoms with Crippen molar-refractivity contribution in [1.82, 2.24) is 0 Å². The predicted molar refractivity (Wildman–Crippen MR) is 148 cm³/mol. The molecule has 0 radical (unpaired) electrons. The topological polar surface area (TPSA) is 13.1 Å². The second-order valence-corrected chi connectivity index (χ2v) is 17.0. The molecular weight excluding hydrogens is 591 g/mol. The van der Waals surface area contributed by atoms with Crippen molar-refractivity contribution in [1.29, 1.82) is 0 Å². The molecule has 1 aromatic heterocycles. The van der Waals surface area contributed by atoms with Crippen molar-refractivity contribution < 1.29 is 54.0 Å². The zero-order valence-electron chi connectivity index (χ0n) is 22.6. The summed E-state index contributed by atoms with van der Waals surface area (Å²) >= 11 is 1.59. The fourth-order valence-electron chi connectivity index (χ4n) is 6.51. The van der Waals surface area contributed by atoms with Gasteiger partial charge in [0, 0.05) is 11.1 Å². The van der Waals surface area contributed by atoms with Gasteiger partial charge in [-0.25, -0.2) is 0 Å². The molecule has 0 spiro atoms. The number of benzene rings is 2. The van der Waals surface area contributed by atoms with Crippen LogP contribution in [0.25, 0.3) is 22.4 Å². The molecule has 0 fully saturated rings. The summed E-state index contributed by atoms with van der Waals surface area (Å²) in [5, 5.41) is 1.59. The van der Waals surface area contributed by atoms with E-state index in [1.165, 1.54) is 76.8 Å². The Labute approximate surface area is 251 Å². The molecule has 3 heterocycles. The van der Waals surface area contributed by atoms with Crippen LogP contribution >= 0.6 is 0 Å². The van der Waals surface area contributed by atoms with Gasteiger partial charge >= 0.3 is 143 Å². The van der Waals surface area contributed by atoms with Crippen LogP contribution in [-0.2, 0) is 31.1 Å². The molecular formula is C32H37Cl2OSiZr. The fourth-order valence-corrected chi connectivity index (χ4v) is 11.6. The van der Waals surface area contributed by atoms with Gasteiger partial charge < -0.3 is 29.2 Å². The maximum absolute atomic E-state index is 5.51. The van der Waals surface area contributed by atoms with Crippen LogP contribution in [0, 0.1) is 0 Å². The van der Waals surface area contributed by atoms with E-state index in [2.05, 4.69) is 88.5 Å². The minimum Gasteiger partial charge on any atom is -1.00 e. The molecule has 0 amide bonds. The van der Waals surface area contributed by atoms with E-state index in [0.29, 0.717) is 3.63 Å². The van der Waals surface area contributed by atoms with Crippen LogP contribution in [0.2, 0.25) is 13.1 Å². The maximum atomic E-state index is 5.51. The molecule has 2 aliphatic heterocycles. The molecule has 193 valence electrons. The molecule has 2 unspecified atom stereocenters. The first-order valence-electron chi connectivity index (χ1n) is 13.2. The third-order valence-corrected chi connectivity index (χ3v) is 14.3. The number of furan rings is 1. The summed E-state index contributed by atoms with van der Waals surface area (Å²) in [6.45, 7) is 11.7. The summed E-state index contributed by atoms with van der Waals surface area (Å²) in [6.07, 6.45) is 10.8. The van der Waals surface area contributed by atoms with Gasteiger partial charge in [-0.05, 0) is 18.2 Å². The number of hydrogen-bond donors (Lipinski definition) is 0. The van der Waals surface area contributed by atoms with Crippen LogP contribution in [0.1, 0.15) is 83.6 Å². The van der Waals surface area contributed by atoms with Gasteiger partial charge in [0.1, 0.15) is 5.76 Å². The maximum Gasteiger partial charge on any atom is -1.00 e. The number of allylic oxidation sites excluding steroid dienone is 2. The first-order chi connectivity index (χ1) is 16.8. The predicted octanol–water partition coefficient (Wildman–Crippen LogP) is 3.44. The summed E-state index contributed by atoms with van der Waals surface area (Å²) in [5.41, 5.74) is 12.5. The number of rotatable bonds is 6. The van der Waals surface area contributed by atoms with Gasteiger partial charge in [0.25, 0.3) is 0 Å². The fraction of sp³-hybridized carbons (Fsp3) is 0.375. The van der Waals surface area contributed by atoms with Crippen molar-refractivity contribution in [3.05, 3.63) is 94.0 Å². The van der Waals surface area contributed by atoms with Crippen LogP contribution in [0.5, 0.6) is 0 Å². The zero-order valence-corrected chi connectivity index (χ0v) is 27.6. The quantitative estimate of drug-likeness (QED) is 0.302. The van der Waals surface area contributed by atoms with Crippen molar-refractivity contribution >= 4 is 19.3 Å². The van der Waals surface area contributed by atoms with Gasteiger partial charge in [0.05, 0.1) is 14.3 Å². The minimum absolute atomic E-state index is 0. The number of aryl methyl sites for hydroxylation is 1. The van der Waals surface area contributed by atoms with E-state index in [0.717, 1.165) is 5.54 Å². The average Bonchev–Trinajstić information content (AvgIpc) is 3.54. The Morgan fingerprint density at radius 1 is 0.892 bits per heavy atom. The van der Waals surface area contributed by atoms with E-state index < -0.39 is 8.07 Å². The van der Waals surface area contributed by atoms with Crippen LogP contribution in [0.3, 0.4) is 0 Å². The van der Waals surface area contributed by atoms with Crippen LogP contribution < -0.4 is 24.8 Å². The molecule has 2 bridgehead atoms. The molecule has 2 atom stereocenters. The molecule has 1 nitrogen and oxygen atoms in total. The van der Waals surface area contributed by atoms with E-state index in [1.54, 1.807) is 35.5 Å². The first kappa shape index (κ1) is 30.4. The SMILES string of the molecule is CC1=C2c3occc3C1[Si]2(C)C.CCCCCCc1ccc(-c2cccc3c2C=C(C)[CH]3[Zr+2])cc1.[Cl-].[Cl-]. The molecule has 0 saturated carbocycles. The van der Waals surface area contributed by atoms with Gasteiger partial charge in [-0.2, -0.15) is 0 Å². The van der Waals surface area contributed by atoms with Crippen LogP contribution in [0.4, 0.5) is 0 Å². The largest absolute Gasteiger partial charge is 1.00 e. The normalized spacial score (nSPS) is 19.5. The van der Waals surface area contributed by atoms with E-state index in [1.807, 2.05) is 6.26 Å². The Morgan fingerprint density at radius 3 is 2.27 bits per heavy atom. The van der Waals surface area contributed by atoms with Crippen LogP contribution in [-0.4, -0.2) is 8.07 Å². The van der Waals surface area contributed by atoms with Crippen molar-refractivity contribution in [3.63, 3.8) is 0 Å². The molecule has 3 aromatic rings. The molecule has 5 heteroatoms. The second-order valence-electron chi connectivity index (χ2n) is 11.1. The summed E-state index contributed by atoms with van der Waals surface area (Å²) in [6, 6.07) is 18.2. The van der Waals surface area contributed by atoms with Crippen molar-refractivity contribution in [2.75, 3.05) is 0 Å². The first-order valence-corrected chi connectivity index (χ1v) is 17.7. The molecule has 7 rings (SSSR count). The van der Waals surface area contributed by atoms with Crippen LogP contribution in [0.15, 0.2) is 70.4 Å². The smallest absolute Gasteiger partial charge is 1.00 e. The minimum atomic E-state index is -1.08. The third kappa shape index (κ3) is 5.49. The third-order valence-electron chi connectivity index (χ3n) is 8.29. The van der Waals surface area contributed by atoms with Crippen molar-refractivity contribution in [3.8, 4) is 11.1 Å². The van der Waals surface area contributed by atoms with Gasteiger partial charge in [0.2, 0.25) is 0 Å².